The first-order chi connectivity index (χ1) is 19.4. The second-order valence-corrected chi connectivity index (χ2v) is 14.5. The monoisotopic (exact) mass is 606 g/mol. The number of unbranched alkanes of at least 4 members (excludes halogenated alkanes) is 15. The molecular weight excluding hydrogens is 544 g/mol. The third-order valence-corrected chi connectivity index (χ3v) is 10.1. The van der Waals surface area contributed by atoms with E-state index in [1.807, 2.05) is 0 Å². The van der Waals surface area contributed by atoms with Gasteiger partial charge < -0.3 is 10.1 Å². The maximum atomic E-state index is 12.3. The first-order valence-electron chi connectivity index (χ1n) is 16.2. The molecule has 238 valence electrons. The van der Waals surface area contributed by atoms with E-state index in [1.165, 1.54) is 89.9 Å². The van der Waals surface area contributed by atoms with Gasteiger partial charge in [-0.15, -0.1) is 0 Å². The molecule has 1 aliphatic rings. The summed E-state index contributed by atoms with van der Waals surface area (Å²) in [6.45, 7) is 6.87. The fourth-order valence-electron chi connectivity index (χ4n) is 5.04. The average Bonchev–Trinajstić information content (AvgIpc) is 3.35. The van der Waals surface area contributed by atoms with Crippen LogP contribution in [0.5, 0.6) is 0 Å². The number of ether oxygens (including phenoxy) is 1. The van der Waals surface area contributed by atoms with Crippen molar-refractivity contribution < 1.29 is 17.9 Å². The number of likely N-dealkylation sites (N-methyl/N-ethyl adjacent to an activating group) is 1. The molecule has 40 heavy (non-hydrogen) atoms. The fourth-order valence-corrected chi connectivity index (χ4v) is 6.93. The Kier molecular flexibility index (Phi) is 23.7. The van der Waals surface area contributed by atoms with E-state index < -0.39 is 10.0 Å². The minimum absolute atomic E-state index is 0.0681. The van der Waals surface area contributed by atoms with Crippen LogP contribution in [0.3, 0.4) is 0 Å². The maximum absolute atomic E-state index is 12.3. The second-order valence-electron chi connectivity index (χ2n) is 11.5. The van der Waals surface area contributed by atoms with Crippen molar-refractivity contribution in [2.45, 2.75) is 122 Å². The number of nitrogens with zero attached hydrogens (tertiary/aromatic N) is 2. The quantitative estimate of drug-likeness (QED) is 0.107. The number of thioether (sulfide) groups is 1. The number of sulfonamides is 1. The predicted molar refractivity (Wildman–Crippen MR) is 172 cm³/mol. The Labute approximate surface area is 251 Å². The number of amides is 1. The topological polar surface area (TPSA) is 91.0 Å². The lowest BCUT2D eigenvalue weighted by atomic mass is 10.0. The van der Waals surface area contributed by atoms with Gasteiger partial charge in [0.2, 0.25) is 10.0 Å². The van der Waals surface area contributed by atoms with Crippen LogP contribution < -0.4 is 10.0 Å². The van der Waals surface area contributed by atoms with Crippen molar-refractivity contribution in [3.8, 4) is 0 Å². The normalized spacial score (nSPS) is 15.6. The zero-order valence-electron chi connectivity index (χ0n) is 26.1. The average molecular weight is 607 g/mol. The van der Waals surface area contributed by atoms with Crippen molar-refractivity contribution in [2.75, 3.05) is 65.1 Å². The summed E-state index contributed by atoms with van der Waals surface area (Å²) in [6, 6.07) is 0. The summed E-state index contributed by atoms with van der Waals surface area (Å²) in [5.41, 5.74) is 0. The molecule has 0 saturated carbocycles. The van der Waals surface area contributed by atoms with E-state index in [0.29, 0.717) is 18.7 Å². The Bertz CT molecular complexity index is 712. The number of carbonyl (C=O) groups is 1. The number of carbonyl (C=O) groups excluding carboxylic acids is 1. The Morgan fingerprint density at radius 1 is 0.850 bits per heavy atom. The van der Waals surface area contributed by atoms with Crippen molar-refractivity contribution in [1.29, 1.82) is 0 Å². The first kappa shape index (κ1) is 37.6. The van der Waals surface area contributed by atoms with E-state index >= 15 is 0 Å². The Balaban J connectivity index is 1.91. The lowest BCUT2D eigenvalue weighted by molar-refractivity contribution is 0.126. The number of rotatable bonds is 27. The molecule has 1 aliphatic heterocycles. The van der Waals surface area contributed by atoms with Crippen molar-refractivity contribution in [1.82, 2.24) is 19.8 Å². The Hall–Kier alpha value is -0.390. The van der Waals surface area contributed by atoms with E-state index in [0.717, 1.165) is 50.9 Å². The van der Waals surface area contributed by atoms with Crippen LogP contribution >= 0.6 is 11.8 Å². The number of hydrogen-bond acceptors (Lipinski definition) is 7. The molecule has 10 heteroatoms. The molecule has 0 radical (unpaired) electrons. The lowest BCUT2D eigenvalue weighted by Crippen LogP contribution is -2.37. The zero-order valence-corrected chi connectivity index (χ0v) is 27.7. The van der Waals surface area contributed by atoms with Gasteiger partial charge >= 0.3 is 0 Å². The number of nitrogens with one attached hydrogen (secondary N) is 2. The molecule has 1 rings (SSSR count). The van der Waals surface area contributed by atoms with Gasteiger partial charge in [0.05, 0.1) is 18.5 Å². The highest BCUT2D eigenvalue weighted by Gasteiger charge is 2.19. The largest absolute Gasteiger partial charge is 0.379 e. The summed E-state index contributed by atoms with van der Waals surface area (Å²) in [4.78, 5) is 16.7. The molecule has 0 aromatic carbocycles. The molecule has 8 nitrogen and oxygen atoms in total. The SMILES string of the molecule is CCCCCCCCCCCCCCCCCCNC(=O)SCC(CNS(=O)(=O)CCCN1CCN(C)C1)OC. The highest BCUT2D eigenvalue weighted by atomic mass is 32.2. The molecular formula is C30H62N4O4S2. The molecule has 0 aromatic heterocycles. The van der Waals surface area contributed by atoms with Crippen LogP contribution in [0.15, 0.2) is 0 Å². The summed E-state index contributed by atoms with van der Waals surface area (Å²) >= 11 is 1.16. The van der Waals surface area contributed by atoms with E-state index in [-0.39, 0.29) is 23.6 Å². The van der Waals surface area contributed by atoms with Gasteiger partial charge in [-0.3, -0.25) is 14.6 Å². The molecule has 1 saturated heterocycles. The van der Waals surface area contributed by atoms with Gasteiger partial charge in [-0.1, -0.05) is 115 Å². The summed E-state index contributed by atoms with van der Waals surface area (Å²) in [5, 5.41) is 2.90. The second kappa shape index (κ2) is 25.1. The van der Waals surface area contributed by atoms with Crippen LogP contribution in [0.25, 0.3) is 0 Å². The third-order valence-electron chi connectivity index (χ3n) is 7.69. The molecule has 0 bridgehead atoms. The van der Waals surface area contributed by atoms with Gasteiger partial charge in [0.1, 0.15) is 0 Å². The number of methoxy groups -OCH3 is 1. The van der Waals surface area contributed by atoms with Crippen LogP contribution in [0.2, 0.25) is 0 Å². The predicted octanol–water partition coefficient (Wildman–Crippen LogP) is 6.22. The summed E-state index contributed by atoms with van der Waals surface area (Å²) < 4.78 is 32.7. The van der Waals surface area contributed by atoms with Crippen molar-refractivity contribution in [2.24, 2.45) is 0 Å². The van der Waals surface area contributed by atoms with Gasteiger partial charge in [-0.2, -0.15) is 0 Å². The fraction of sp³-hybridized carbons (Fsp3) is 0.967. The minimum Gasteiger partial charge on any atom is -0.379 e. The standard InChI is InChI=1S/C30H62N4O4S2/c1-4-5-6-7-8-9-10-11-12-13-14-15-16-17-18-19-21-31-30(35)39-27-29(38-3)26-32-40(36,37)25-20-22-34-24-23-33(2)28-34/h29,32H,4-28H2,1-3H3,(H,31,35). The van der Waals surface area contributed by atoms with Gasteiger partial charge in [-0.25, -0.2) is 13.1 Å². The van der Waals surface area contributed by atoms with E-state index in [2.05, 4.69) is 33.8 Å². The van der Waals surface area contributed by atoms with Gasteiger partial charge in [-0.05, 0) is 19.9 Å². The van der Waals surface area contributed by atoms with E-state index in [4.69, 9.17) is 4.74 Å². The zero-order chi connectivity index (χ0) is 29.3. The van der Waals surface area contributed by atoms with Gasteiger partial charge in [0.25, 0.3) is 5.24 Å². The highest BCUT2D eigenvalue weighted by molar-refractivity contribution is 8.13. The number of hydrogen-bond donors (Lipinski definition) is 2. The highest BCUT2D eigenvalue weighted by Crippen LogP contribution is 2.14. The van der Waals surface area contributed by atoms with Gasteiger partial charge in [0.15, 0.2) is 0 Å². The molecule has 1 amide bonds. The van der Waals surface area contributed by atoms with Crippen molar-refractivity contribution in [3.05, 3.63) is 0 Å². The summed E-state index contributed by atoms with van der Waals surface area (Å²) in [6.07, 6.45) is 21.7. The van der Waals surface area contributed by atoms with E-state index in [1.54, 1.807) is 7.11 Å². The molecule has 1 heterocycles. The minimum atomic E-state index is -3.35. The molecule has 0 spiro atoms. The van der Waals surface area contributed by atoms with Crippen LogP contribution in [0.1, 0.15) is 116 Å². The molecule has 0 aromatic rings. The Morgan fingerprint density at radius 2 is 1.40 bits per heavy atom. The lowest BCUT2D eigenvalue weighted by Gasteiger charge is -2.17. The van der Waals surface area contributed by atoms with E-state index in [9.17, 15) is 13.2 Å². The molecule has 0 aliphatic carbocycles. The summed E-state index contributed by atoms with van der Waals surface area (Å²) in [5.74, 6) is 0.528. The first-order valence-corrected chi connectivity index (χ1v) is 18.8. The summed E-state index contributed by atoms with van der Waals surface area (Å²) in [7, 11) is 0.276. The molecule has 2 N–H and O–H groups in total. The molecule has 1 unspecified atom stereocenters. The Morgan fingerprint density at radius 3 is 1.90 bits per heavy atom. The molecule has 1 fully saturated rings. The van der Waals surface area contributed by atoms with Crippen LogP contribution in [-0.2, 0) is 14.8 Å². The van der Waals surface area contributed by atoms with Crippen molar-refractivity contribution in [3.63, 3.8) is 0 Å². The molecule has 1 atom stereocenters. The third kappa shape index (κ3) is 22.2. The van der Waals surface area contributed by atoms with Crippen LogP contribution in [-0.4, -0.2) is 94.6 Å². The maximum Gasteiger partial charge on any atom is 0.279 e. The van der Waals surface area contributed by atoms with Crippen LogP contribution in [0.4, 0.5) is 4.79 Å². The van der Waals surface area contributed by atoms with Crippen LogP contribution in [0, 0.1) is 0 Å². The van der Waals surface area contributed by atoms with Crippen molar-refractivity contribution >= 4 is 27.0 Å². The van der Waals surface area contributed by atoms with Gasteiger partial charge in [0, 0.05) is 45.6 Å². The smallest absolute Gasteiger partial charge is 0.279 e.